The van der Waals surface area contributed by atoms with Gasteiger partial charge in [-0.1, -0.05) is 11.6 Å². The third-order valence-electron chi connectivity index (χ3n) is 2.85. The lowest BCUT2D eigenvalue weighted by Crippen LogP contribution is -2.31. The fraction of sp³-hybridized carbons (Fsp3) is 0.500. The molecular formula is C12H15ClN2O3. The van der Waals surface area contributed by atoms with Gasteiger partial charge in [-0.05, 0) is 19.4 Å². The van der Waals surface area contributed by atoms with Crippen molar-refractivity contribution in [2.75, 3.05) is 24.6 Å². The molecule has 6 heteroatoms. The second-order valence-corrected chi connectivity index (χ2v) is 4.72. The molecule has 2 heterocycles. The predicted molar refractivity (Wildman–Crippen MR) is 68.5 cm³/mol. The van der Waals surface area contributed by atoms with Gasteiger partial charge < -0.3 is 14.7 Å². The van der Waals surface area contributed by atoms with Crippen LogP contribution in [0.15, 0.2) is 12.3 Å². The Kier molecular flexibility index (Phi) is 4.04. The van der Waals surface area contributed by atoms with Crippen LogP contribution in [0.2, 0.25) is 5.02 Å². The Hall–Kier alpha value is -1.33. The number of hydrogen-bond acceptors (Lipinski definition) is 4. The third kappa shape index (κ3) is 2.91. The van der Waals surface area contributed by atoms with Crippen LogP contribution in [-0.2, 0) is 4.74 Å². The van der Waals surface area contributed by atoms with E-state index in [4.69, 9.17) is 21.4 Å². The monoisotopic (exact) mass is 270 g/mol. The number of ether oxygens (including phenoxy) is 1. The van der Waals surface area contributed by atoms with E-state index in [1.165, 1.54) is 12.3 Å². The maximum absolute atomic E-state index is 11.0. The molecule has 0 aliphatic carbocycles. The van der Waals surface area contributed by atoms with Crippen molar-refractivity contribution in [1.29, 1.82) is 0 Å². The largest absolute Gasteiger partial charge is 0.478 e. The zero-order valence-electron chi connectivity index (χ0n) is 10.1. The molecule has 1 aliphatic rings. The normalized spacial score (nSPS) is 20.6. The molecule has 18 heavy (non-hydrogen) atoms. The molecule has 0 saturated carbocycles. The van der Waals surface area contributed by atoms with E-state index in [9.17, 15) is 4.79 Å². The van der Waals surface area contributed by atoms with Crippen molar-refractivity contribution in [3.63, 3.8) is 0 Å². The number of aromatic carboxylic acids is 1. The van der Waals surface area contributed by atoms with E-state index in [0.29, 0.717) is 12.4 Å². The summed E-state index contributed by atoms with van der Waals surface area (Å²) in [5.41, 5.74) is 0.0829. The summed E-state index contributed by atoms with van der Waals surface area (Å²) in [5.74, 6) is -0.406. The molecule has 1 unspecified atom stereocenters. The number of carbonyl (C=O) groups is 1. The zero-order valence-corrected chi connectivity index (χ0v) is 10.9. The van der Waals surface area contributed by atoms with Crippen LogP contribution in [0.4, 0.5) is 5.82 Å². The highest BCUT2D eigenvalue weighted by molar-refractivity contribution is 6.33. The Labute approximate surface area is 110 Å². The summed E-state index contributed by atoms with van der Waals surface area (Å²) in [6.07, 6.45) is 2.40. The number of pyridine rings is 1. The first-order valence-corrected chi connectivity index (χ1v) is 6.21. The smallest absolute Gasteiger partial charge is 0.337 e. The van der Waals surface area contributed by atoms with Crippen molar-refractivity contribution in [3.8, 4) is 0 Å². The number of carboxylic acid groups (broad SMARTS) is 1. The molecule has 98 valence electrons. The van der Waals surface area contributed by atoms with E-state index < -0.39 is 5.97 Å². The van der Waals surface area contributed by atoms with E-state index >= 15 is 0 Å². The van der Waals surface area contributed by atoms with Crippen LogP contribution in [0.25, 0.3) is 0 Å². The summed E-state index contributed by atoms with van der Waals surface area (Å²) in [6.45, 7) is 4.22. The van der Waals surface area contributed by atoms with Gasteiger partial charge in [0, 0.05) is 25.9 Å². The second-order valence-electron chi connectivity index (χ2n) is 4.31. The Balaban J connectivity index is 2.26. The quantitative estimate of drug-likeness (QED) is 0.891. The van der Waals surface area contributed by atoms with Gasteiger partial charge in [-0.25, -0.2) is 9.78 Å². The Morgan fingerprint density at radius 1 is 1.67 bits per heavy atom. The topological polar surface area (TPSA) is 62.7 Å². The summed E-state index contributed by atoms with van der Waals surface area (Å²) in [4.78, 5) is 17.3. The molecule has 1 atom stereocenters. The molecule has 2 rings (SSSR count). The number of hydrogen-bond donors (Lipinski definition) is 1. The maximum atomic E-state index is 11.0. The van der Waals surface area contributed by atoms with Crippen LogP contribution in [0, 0.1) is 0 Å². The lowest BCUT2D eigenvalue weighted by molar-refractivity contribution is 0.0697. The standard InChI is InChI=1S/C12H15ClN2O3/c1-8-7-15(3-2-4-18-8)11-5-9(12(16)17)10(13)6-14-11/h5-6,8H,2-4,7H2,1H3,(H,16,17). The van der Waals surface area contributed by atoms with E-state index in [1.807, 2.05) is 11.8 Å². The van der Waals surface area contributed by atoms with Crippen LogP contribution < -0.4 is 4.90 Å². The lowest BCUT2D eigenvalue weighted by Gasteiger charge is -2.23. The van der Waals surface area contributed by atoms with Crippen molar-refractivity contribution in [2.45, 2.75) is 19.4 Å². The van der Waals surface area contributed by atoms with Crippen LogP contribution in [0.1, 0.15) is 23.7 Å². The number of halogens is 1. The van der Waals surface area contributed by atoms with E-state index in [2.05, 4.69) is 4.98 Å². The first kappa shape index (κ1) is 13.1. The van der Waals surface area contributed by atoms with Gasteiger partial charge in [-0.2, -0.15) is 0 Å². The summed E-state index contributed by atoms with van der Waals surface area (Å²) in [6, 6.07) is 1.52. The molecule has 0 bridgehead atoms. The van der Waals surface area contributed by atoms with Crippen molar-refractivity contribution < 1.29 is 14.6 Å². The number of aromatic nitrogens is 1. The number of rotatable bonds is 2. The summed E-state index contributed by atoms with van der Waals surface area (Å²) in [7, 11) is 0. The average molecular weight is 271 g/mol. The Bertz CT molecular complexity index is 453. The van der Waals surface area contributed by atoms with E-state index in [-0.39, 0.29) is 16.7 Å². The Morgan fingerprint density at radius 2 is 2.44 bits per heavy atom. The van der Waals surface area contributed by atoms with Gasteiger partial charge in [0.15, 0.2) is 0 Å². The van der Waals surface area contributed by atoms with Crippen molar-refractivity contribution in [3.05, 3.63) is 22.8 Å². The van der Waals surface area contributed by atoms with Gasteiger partial charge in [0.05, 0.1) is 16.7 Å². The fourth-order valence-electron chi connectivity index (χ4n) is 1.97. The van der Waals surface area contributed by atoms with Gasteiger partial charge in [0.2, 0.25) is 0 Å². The molecular weight excluding hydrogens is 256 g/mol. The van der Waals surface area contributed by atoms with Crippen molar-refractivity contribution in [2.24, 2.45) is 0 Å². The molecule has 1 aliphatic heterocycles. The summed E-state index contributed by atoms with van der Waals surface area (Å²) in [5, 5.41) is 9.20. The lowest BCUT2D eigenvalue weighted by atomic mass is 10.2. The molecule has 1 aromatic rings. The first-order chi connectivity index (χ1) is 8.58. The minimum atomic E-state index is -1.04. The molecule has 5 nitrogen and oxygen atoms in total. The van der Waals surface area contributed by atoms with E-state index in [0.717, 1.165) is 19.6 Å². The van der Waals surface area contributed by atoms with Crippen LogP contribution in [0.5, 0.6) is 0 Å². The van der Waals surface area contributed by atoms with Crippen molar-refractivity contribution in [1.82, 2.24) is 4.98 Å². The molecule has 0 spiro atoms. The minimum Gasteiger partial charge on any atom is -0.478 e. The molecule has 0 aromatic carbocycles. The van der Waals surface area contributed by atoms with Gasteiger partial charge in [-0.3, -0.25) is 0 Å². The van der Waals surface area contributed by atoms with Crippen molar-refractivity contribution >= 4 is 23.4 Å². The number of carboxylic acids is 1. The molecule has 1 saturated heterocycles. The van der Waals surface area contributed by atoms with Crippen LogP contribution in [0.3, 0.4) is 0 Å². The molecule has 0 amide bonds. The van der Waals surface area contributed by atoms with Crippen LogP contribution >= 0.6 is 11.6 Å². The second kappa shape index (κ2) is 5.54. The van der Waals surface area contributed by atoms with Gasteiger partial charge >= 0.3 is 5.97 Å². The van der Waals surface area contributed by atoms with Crippen LogP contribution in [-0.4, -0.2) is 41.9 Å². The first-order valence-electron chi connectivity index (χ1n) is 5.83. The number of nitrogens with zero attached hydrogens (tertiary/aromatic N) is 2. The molecule has 1 aromatic heterocycles. The highest BCUT2D eigenvalue weighted by atomic mass is 35.5. The van der Waals surface area contributed by atoms with E-state index in [1.54, 1.807) is 0 Å². The zero-order chi connectivity index (χ0) is 13.1. The van der Waals surface area contributed by atoms with Gasteiger partial charge in [0.25, 0.3) is 0 Å². The van der Waals surface area contributed by atoms with Gasteiger partial charge in [-0.15, -0.1) is 0 Å². The molecule has 1 N–H and O–H groups in total. The predicted octanol–water partition coefficient (Wildman–Crippen LogP) is 2.05. The highest BCUT2D eigenvalue weighted by Gasteiger charge is 2.18. The SMILES string of the molecule is CC1CN(c2cc(C(=O)O)c(Cl)cn2)CCCO1. The summed E-state index contributed by atoms with van der Waals surface area (Å²) >= 11 is 5.80. The van der Waals surface area contributed by atoms with Gasteiger partial charge in [0.1, 0.15) is 5.82 Å². The summed E-state index contributed by atoms with van der Waals surface area (Å²) < 4.78 is 5.54. The average Bonchev–Trinajstić information content (AvgIpc) is 2.54. The minimum absolute atomic E-state index is 0.0829. The fourth-order valence-corrected chi connectivity index (χ4v) is 2.15. The number of anilines is 1. The molecule has 1 fully saturated rings. The maximum Gasteiger partial charge on any atom is 0.337 e. The Morgan fingerprint density at radius 3 is 3.17 bits per heavy atom. The highest BCUT2D eigenvalue weighted by Crippen LogP contribution is 2.22. The third-order valence-corrected chi connectivity index (χ3v) is 3.15. The molecule has 0 radical (unpaired) electrons.